The average molecular weight is 773 g/mol. The molecule has 0 radical (unpaired) electrons. The highest BCUT2D eigenvalue weighted by Gasteiger charge is 2.68. The van der Waals surface area contributed by atoms with Gasteiger partial charge in [-0.05, 0) is 109 Å². The van der Waals surface area contributed by atoms with Crippen LogP contribution in [0.5, 0.6) is 0 Å². The summed E-state index contributed by atoms with van der Waals surface area (Å²) < 4.78 is 34.9. The van der Waals surface area contributed by atoms with Crippen molar-refractivity contribution in [1.29, 1.82) is 0 Å². The predicted octanol–water partition coefficient (Wildman–Crippen LogP) is 7.25. The normalized spacial score (nSPS) is 46.0. The highest BCUT2D eigenvalue weighted by Crippen LogP contribution is 2.76. The Hall–Kier alpha value is -2.50. The molecule has 0 bridgehead atoms. The van der Waals surface area contributed by atoms with E-state index in [1.54, 1.807) is 5.57 Å². The van der Waals surface area contributed by atoms with Crippen molar-refractivity contribution in [3.63, 3.8) is 0 Å². The van der Waals surface area contributed by atoms with Crippen molar-refractivity contribution in [3.05, 3.63) is 11.6 Å². The van der Waals surface area contributed by atoms with Gasteiger partial charge >= 0.3 is 23.9 Å². The number of ether oxygens (including phenoxy) is 6. The maximum atomic E-state index is 12.2. The number of aliphatic hydroxyl groups is 1. The highest BCUT2D eigenvalue weighted by atomic mass is 16.7. The zero-order valence-electron chi connectivity index (χ0n) is 35.3. The second-order valence-electron chi connectivity index (χ2n) is 20.3. The van der Waals surface area contributed by atoms with Gasteiger partial charge in [0, 0.05) is 33.1 Å². The minimum Gasteiger partial charge on any atom is -0.465 e. The van der Waals surface area contributed by atoms with Crippen molar-refractivity contribution in [2.75, 3.05) is 13.2 Å². The van der Waals surface area contributed by atoms with E-state index in [2.05, 4.69) is 54.5 Å². The van der Waals surface area contributed by atoms with E-state index in [4.69, 9.17) is 28.4 Å². The van der Waals surface area contributed by atoms with E-state index in [9.17, 15) is 24.3 Å². The van der Waals surface area contributed by atoms with Crippen LogP contribution in [0.4, 0.5) is 0 Å². The number of rotatable bonds is 8. The summed E-state index contributed by atoms with van der Waals surface area (Å²) in [6.45, 7) is 22.5. The summed E-state index contributed by atoms with van der Waals surface area (Å²) in [5, 5.41) is 11.6. The number of carbonyl (C=O) groups is 4. The lowest BCUT2D eigenvalue weighted by atomic mass is 9.33. The van der Waals surface area contributed by atoms with Gasteiger partial charge in [0.05, 0.1) is 12.7 Å². The Kier molecular flexibility index (Phi) is 11.3. The standard InChI is InChI=1S/C44H68O11/c1-25(45)50-23-31-36(52-27(3)47)37(53-28(4)48)35(49)38(54-31)55-34-15-16-42(9)32(39(34,5)6)14-17-44(11)33(42)13-12-29-30-22-40(7,24-51-26(2)46)18-19-41(30,8)20-21-43(29,44)10/h12,30-38,49H,13-24H2,1-11H3/t30-,31+,32-,33+,34-,35+,36+,37+,38+,40-,41+,42-,43+,44+/m0/s1. The molecule has 6 aliphatic rings. The molecule has 310 valence electrons. The molecule has 0 unspecified atom stereocenters. The van der Waals surface area contributed by atoms with Crippen molar-refractivity contribution in [1.82, 2.24) is 0 Å². The number of hydrogen-bond donors (Lipinski definition) is 1. The van der Waals surface area contributed by atoms with Crippen LogP contribution < -0.4 is 0 Å². The molecular formula is C44H68O11. The summed E-state index contributed by atoms with van der Waals surface area (Å²) in [5.74, 6) is -0.767. The number of esters is 4. The van der Waals surface area contributed by atoms with E-state index >= 15 is 0 Å². The number of aliphatic hydroxyl groups excluding tert-OH is 1. The molecule has 55 heavy (non-hydrogen) atoms. The Morgan fingerprint density at radius 1 is 0.764 bits per heavy atom. The van der Waals surface area contributed by atoms with E-state index in [0.29, 0.717) is 24.4 Å². The molecule has 0 amide bonds. The SMILES string of the molecule is CC(=O)OC[C@H]1O[C@H](O[C@H]2CC[C@]3(C)[C@H]4CC=C5[C@@H]6C[C@@](C)(COC(C)=O)CC[C@]6(C)CC[C@@]5(C)[C@]4(C)CC[C@H]3C2(C)C)[C@H](O)[C@@H](OC(C)=O)[C@@H]1OC(C)=O. The molecule has 1 heterocycles. The van der Waals surface area contributed by atoms with Crippen LogP contribution in [0.25, 0.3) is 0 Å². The van der Waals surface area contributed by atoms with E-state index in [1.165, 1.54) is 40.5 Å². The molecule has 14 atom stereocenters. The molecule has 0 aromatic carbocycles. The van der Waals surface area contributed by atoms with Gasteiger partial charge in [0.15, 0.2) is 18.5 Å². The zero-order chi connectivity index (χ0) is 40.5. The third-order valence-electron chi connectivity index (χ3n) is 16.5. The smallest absolute Gasteiger partial charge is 0.303 e. The highest BCUT2D eigenvalue weighted by molar-refractivity contribution is 5.68. The number of fused-ring (bicyclic) bond motifs is 7. The third kappa shape index (κ3) is 7.30. The molecule has 1 saturated heterocycles. The topological polar surface area (TPSA) is 144 Å². The molecule has 0 aromatic rings. The lowest BCUT2D eigenvalue weighted by Crippen LogP contribution is -2.66. The second-order valence-corrected chi connectivity index (χ2v) is 20.3. The van der Waals surface area contributed by atoms with E-state index in [-0.39, 0.29) is 51.2 Å². The number of carbonyl (C=O) groups excluding carboxylic acids is 4. The van der Waals surface area contributed by atoms with Crippen molar-refractivity contribution < 1.29 is 52.7 Å². The quantitative estimate of drug-likeness (QED) is 0.115. The molecule has 11 heteroatoms. The van der Waals surface area contributed by atoms with Gasteiger partial charge in [0.2, 0.25) is 0 Å². The minimum atomic E-state index is -1.45. The Balaban J connectivity index is 1.25. The first-order valence-electron chi connectivity index (χ1n) is 20.8. The molecule has 1 N–H and O–H groups in total. The summed E-state index contributed by atoms with van der Waals surface area (Å²) in [6.07, 6.45) is 6.84. The van der Waals surface area contributed by atoms with Crippen LogP contribution in [0.1, 0.15) is 140 Å². The van der Waals surface area contributed by atoms with Crippen molar-refractivity contribution in [2.45, 2.75) is 177 Å². The average Bonchev–Trinajstić information content (AvgIpc) is 3.08. The molecule has 4 saturated carbocycles. The first kappa shape index (κ1) is 42.1. The van der Waals surface area contributed by atoms with E-state index in [1.807, 2.05) is 0 Å². The summed E-state index contributed by atoms with van der Waals surface area (Å²) >= 11 is 0. The Morgan fingerprint density at radius 2 is 1.40 bits per heavy atom. The molecule has 6 rings (SSSR count). The Morgan fingerprint density at radius 3 is 2.04 bits per heavy atom. The van der Waals surface area contributed by atoms with Crippen molar-refractivity contribution in [2.24, 2.45) is 50.2 Å². The van der Waals surface area contributed by atoms with Gasteiger partial charge < -0.3 is 33.5 Å². The van der Waals surface area contributed by atoms with Crippen LogP contribution in [0.2, 0.25) is 0 Å². The fourth-order valence-corrected chi connectivity index (χ4v) is 13.2. The Bertz CT molecular complexity index is 1560. The maximum Gasteiger partial charge on any atom is 0.303 e. The van der Waals surface area contributed by atoms with Crippen molar-refractivity contribution >= 4 is 23.9 Å². The lowest BCUT2D eigenvalue weighted by molar-refractivity contribution is -0.332. The van der Waals surface area contributed by atoms with Crippen molar-refractivity contribution in [3.8, 4) is 0 Å². The molecule has 0 spiro atoms. The van der Waals surface area contributed by atoms with Crippen LogP contribution in [0.3, 0.4) is 0 Å². The molecule has 11 nitrogen and oxygen atoms in total. The van der Waals surface area contributed by atoms with Gasteiger partial charge in [-0.1, -0.05) is 60.1 Å². The zero-order valence-corrected chi connectivity index (χ0v) is 35.3. The third-order valence-corrected chi connectivity index (χ3v) is 16.5. The van der Waals surface area contributed by atoms with E-state index < -0.39 is 48.6 Å². The number of allylic oxidation sites excluding steroid dienone is 2. The van der Waals surface area contributed by atoms with Gasteiger partial charge in [0.1, 0.15) is 18.8 Å². The van der Waals surface area contributed by atoms with Gasteiger partial charge in [-0.3, -0.25) is 19.2 Å². The lowest BCUT2D eigenvalue weighted by Gasteiger charge is -2.71. The van der Waals surface area contributed by atoms with Crippen LogP contribution in [0.15, 0.2) is 11.6 Å². The molecular weight excluding hydrogens is 704 g/mol. The summed E-state index contributed by atoms with van der Waals surface area (Å²) in [4.78, 5) is 47.9. The van der Waals surface area contributed by atoms with Crippen LogP contribution in [-0.4, -0.2) is 79.0 Å². The molecule has 0 aromatic heterocycles. The summed E-state index contributed by atoms with van der Waals surface area (Å²) in [5.41, 5.74) is 1.84. The van der Waals surface area contributed by atoms with Crippen LogP contribution >= 0.6 is 0 Å². The number of hydrogen-bond acceptors (Lipinski definition) is 11. The monoisotopic (exact) mass is 772 g/mol. The van der Waals surface area contributed by atoms with Gasteiger partial charge in [-0.15, -0.1) is 0 Å². The predicted molar refractivity (Wildman–Crippen MR) is 203 cm³/mol. The van der Waals surface area contributed by atoms with Crippen LogP contribution in [0, 0.1) is 50.2 Å². The van der Waals surface area contributed by atoms with E-state index in [0.717, 1.165) is 51.4 Å². The largest absolute Gasteiger partial charge is 0.465 e. The first-order chi connectivity index (χ1) is 25.5. The molecule has 5 aliphatic carbocycles. The first-order valence-corrected chi connectivity index (χ1v) is 20.8. The fourth-order valence-electron chi connectivity index (χ4n) is 13.2. The molecule has 5 fully saturated rings. The van der Waals surface area contributed by atoms with Crippen LogP contribution in [-0.2, 0) is 47.6 Å². The fraction of sp³-hybridized carbons (Fsp3) is 0.864. The summed E-state index contributed by atoms with van der Waals surface area (Å²) in [7, 11) is 0. The second kappa shape index (κ2) is 14.7. The minimum absolute atomic E-state index is 0.0194. The Labute approximate surface area is 328 Å². The van der Waals surface area contributed by atoms with Gasteiger partial charge in [-0.2, -0.15) is 0 Å². The summed E-state index contributed by atoms with van der Waals surface area (Å²) in [6, 6.07) is 0. The van der Waals surface area contributed by atoms with Gasteiger partial charge in [0.25, 0.3) is 0 Å². The maximum absolute atomic E-state index is 12.2. The van der Waals surface area contributed by atoms with Gasteiger partial charge in [-0.25, -0.2) is 0 Å². The molecule has 1 aliphatic heterocycles.